The normalized spacial score (nSPS) is 10.4. The quantitative estimate of drug-likeness (QED) is 0.378. The van der Waals surface area contributed by atoms with E-state index in [1.807, 2.05) is 64.1 Å². The minimum Gasteiger partial charge on any atom is -0.496 e. The molecule has 0 saturated heterocycles. The zero-order chi connectivity index (χ0) is 15.6. The van der Waals surface area contributed by atoms with Crippen LogP contribution in [0.3, 0.4) is 0 Å². The Morgan fingerprint density at radius 1 is 0.909 bits per heavy atom. The lowest BCUT2D eigenvalue weighted by molar-refractivity contribution is 0.112. The molecular weight excluding hydrogens is 312 g/mol. The highest BCUT2D eigenvalue weighted by Gasteiger charge is 2.03. The van der Waals surface area contributed by atoms with Crippen molar-refractivity contribution < 1.29 is 9.53 Å². The summed E-state index contributed by atoms with van der Waals surface area (Å²) in [5.41, 5.74) is 3.20. The molecule has 0 N–H and O–H groups in total. The summed E-state index contributed by atoms with van der Waals surface area (Å²) in [6.45, 7) is 0. The second-order valence-electron chi connectivity index (χ2n) is 4.77. The van der Waals surface area contributed by atoms with E-state index in [1.165, 1.54) is 5.56 Å². The summed E-state index contributed by atoms with van der Waals surface area (Å²) in [7, 11) is 5.45. The minimum atomic E-state index is 0.808. The minimum absolute atomic E-state index is 0.808. The second kappa shape index (κ2) is 9.59. The number of benzene rings is 2. The SMILES string of the molecule is COc1ccccc1CCSSCCc1ccccc1C=O. The Kier molecular flexibility index (Phi) is 7.40. The van der Waals surface area contributed by atoms with Crippen LogP contribution in [0.15, 0.2) is 48.5 Å². The molecule has 0 unspecified atom stereocenters. The van der Waals surface area contributed by atoms with Crippen molar-refractivity contribution in [3.8, 4) is 5.75 Å². The molecule has 0 aliphatic heterocycles. The third kappa shape index (κ3) is 5.11. The summed E-state index contributed by atoms with van der Waals surface area (Å²) in [6.07, 6.45) is 2.88. The van der Waals surface area contributed by atoms with Crippen LogP contribution in [-0.2, 0) is 12.8 Å². The van der Waals surface area contributed by atoms with Gasteiger partial charge >= 0.3 is 0 Å². The number of hydrogen-bond acceptors (Lipinski definition) is 4. The van der Waals surface area contributed by atoms with Gasteiger partial charge < -0.3 is 4.74 Å². The summed E-state index contributed by atoms with van der Waals surface area (Å²) in [5, 5.41) is 0. The van der Waals surface area contributed by atoms with Gasteiger partial charge in [0.25, 0.3) is 0 Å². The molecule has 0 spiro atoms. The Bertz CT molecular complexity index is 599. The van der Waals surface area contributed by atoms with E-state index < -0.39 is 0 Å². The van der Waals surface area contributed by atoms with E-state index in [4.69, 9.17) is 4.74 Å². The van der Waals surface area contributed by atoms with Crippen LogP contribution in [0.4, 0.5) is 0 Å². The lowest BCUT2D eigenvalue weighted by Gasteiger charge is -2.07. The molecule has 0 heterocycles. The van der Waals surface area contributed by atoms with E-state index in [0.29, 0.717) is 0 Å². The Labute approximate surface area is 140 Å². The van der Waals surface area contributed by atoms with Crippen molar-refractivity contribution in [1.29, 1.82) is 0 Å². The van der Waals surface area contributed by atoms with E-state index in [9.17, 15) is 4.79 Å². The maximum atomic E-state index is 11.0. The lowest BCUT2D eigenvalue weighted by Crippen LogP contribution is -1.95. The number of methoxy groups -OCH3 is 1. The number of hydrogen-bond donors (Lipinski definition) is 0. The molecule has 4 heteroatoms. The first-order chi connectivity index (χ1) is 10.8. The number of aldehydes is 1. The zero-order valence-corrected chi connectivity index (χ0v) is 14.3. The molecule has 2 aromatic rings. The molecule has 0 fully saturated rings. The molecule has 116 valence electrons. The second-order valence-corrected chi connectivity index (χ2v) is 7.47. The van der Waals surface area contributed by atoms with Crippen molar-refractivity contribution in [3.63, 3.8) is 0 Å². The van der Waals surface area contributed by atoms with Crippen molar-refractivity contribution in [1.82, 2.24) is 0 Å². The monoisotopic (exact) mass is 332 g/mol. The highest BCUT2D eigenvalue weighted by atomic mass is 33.1. The number of ether oxygens (including phenoxy) is 1. The smallest absolute Gasteiger partial charge is 0.150 e. The van der Waals surface area contributed by atoms with Gasteiger partial charge in [0.15, 0.2) is 0 Å². The Hall–Kier alpha value is -1.39. The first-order valence-corrected chi connectivity index (χ1v) is 9.73. The number of carbonyl (C=O) groups excluding carboxylic acids is 1. The van der Waals surface area contributed by atoms with E-state index >= 15 is 0 Å². The highest BCUT2D eigenvalue weighted by Crippen LogP contribution is 2.26. The average Bonchev–Trinajstić information content (AvgIpc) is 2.58. The molecule has 2 nitrogen and oxygen atoms in total. The Morgan fingerprint density at radius 3 is 2.18 bits per heavy atom. The number of para-hydroxylation sites is 1. The number of carbonyl (C=O) groups is 1. The maximum absolute atomic E-state index is 11.0. The lowest BCUT2D eigenvalue weighted by atomic mass is 10.1. The van der Waals surface area contributed by atoms with Crippen LogP contribution in [0, 0.1) is 0 Å². The molecule has 0 aliphatic carbocycles. The van der Waals surface area contributed by atoms with Gasteiger partial charge in [-0.25, -0.2) is 0 Å². The summed E-state index contributed by atoms with van der Waals surface area (Å²) in [4.78, 5) is 11.0. The average molecular weight is 332 g/mol. The summed E-state index contributed by atoms with van der Waals surface area (Å²) in [6, 6.07) is 16.0. The van der Waals surface area contributed by atoms with Crippen molar-refractivity contribution in [2.24, 2.45) is 0 Å². The van der Waals surface area contributed by atoms with E-state index in [-0.39, 0.29) is 0 Å². The van der Waals surface area contributed by atoms with Crippen LogP contribution in [0.1, 0.15) is 21.5 Å². The summed E-state index contributed by atoms with van der Waals surface area (Å²) in [5.74, 6) is 3.04. The van der Waals surface area contributed by atoms with Gasteiger partial charge in [0.05, 0.1) is 7.11 Å². The van der Waals surface area contributed by atoms with Gasteiger partial charge in [-0.1, -0.05) is 64.1 Å². The standard InChI is InChI=1S/C18H20O2S2/c1-20-18-9-5-4-7-16(18)11-13-22-21-12-10-15-6-2-3-8-17(15)14-19/h2-9,14H,10-13H2,1H3. The molecular formula is C18H20O2S2. The zero-order valence-electron chi connectivity index (χ0n) is 12.7. The molecule has 0 bridgehead atoms. The molecule has 22 heavy (non-hydrogen) atoms. The van der Waals surface area contributed by atoms with Crippen LogP contribution in [0.25, 0.3) is 0 Å². The topological polar surface area (TPSA) is 26.3 Å². The molecule has 0 saturated carbocycles. The van der Waals surface area contributed by atoms with E-state index in [0.717, 1.165) is 47.5 Å². The van der Waals surface area contributed by atoms with E-state index in [1.54, 1.807) is 7.11 Å². The third-order valence-corrected chi connectivity index (χ3v) is 5.78. The largest absolute Gasteiger partial charge is 0.496 e. The van der Waals surface area contributed by atoms with Crippen LogP contribution in [0.5, 0.6) is 5.75 Å². The van der Waals surface area contributed by atoms with Crippen molar-refractivity contribution in [2.75, 3.05) is 18.6 Å². The van der Waals surface area contributed by atoms with Gasteiger partial charge in [-0.3, -0.25) is 4.79 Å². The highest BCUT2D eigenvalue weighted by molar-refractivity contribution is 8.76. The van der Waals surface area contributed by atoms with Crippen molar-refractivity contribution in [3.05, 3.63) is 65.2 Å². The molecule has 0 atom stereocenters. The Morgan fingerprint density at radius 2 is 1.50 bits per heavy atom. The van der Waals surface area contributed by atoms with Gasteiger partial charge in [0.1, 0.15) is 12.0 Å². The predicted molar refractivity (Wildman–Crippen MR) is 97.1 cm³/mol. The number of rotatable bonds is 9. The Balaban J connectivity index is 1.68. The van der Waals surface area contributed by atoms with Gasteiger partial charge in [-0.05, 0) is 30.0 Å². The molecule has 0 radical (unpaired) electrons. The van der Waals surface area contributed by atoms with Crippen molar-refractivity contribution >= 4 is 27.9 Å². The summed E-state index contributed by atoms with van der Waals surface area (Å²) >= 11 is 0. The van der Waals surface area contributed by atoms with Gasteiger partial charge in [0, 0.05) is 17.1 Å². The van der Waals surface area contributed by atoms with Gasteiger partial charge in [-0.15, -0.1) is 0 Å². The maximum Gasteiger partial charge on any atom is 0.150 e. The predicted octanol–water partition coefficient (Wildman–Crippen LogP) is 4.67. The third-order valence-electron chi connectivity index (χ3n) is 3.37. The fraction of sp³-hybridized carbons (Fsp3) is 0.278. The fourth-order valence-electron chi connectivity index (χ4n) is 2.21. The van der Waals surface area contributed by atoms with Crippen LogP contribution in [0.2, 0.25) is 0 Å². The van der Waals surface area contributed by atoms with Gasteiger partial charge in [-0.2, -0.15) is 0 Å². The summed E-state index contributed by atoms with van der Waals surface area (Å²) < 4.78 is 5.36. The van der Waals surface area contributed by atoms with Crippen molar-refractivity contribution in [2.45, 2.75) is 12.8 Å². The van der Waals surface area contributed by atoms with Crippen LogP contribution in [-0.4, -0.2) is 24.9 Å². The first kappa shape index (κ1) is 17.0. The van der Waals surface area contributed by atoms with Crippen LogP contribution >= 0.6 is 21.6 Å². The number of aryl methyl sites for hydroxylation is 2. The van der Waals surface area contributed by atoms with Crippen LogP contribution < -0.4 is 4.74 Å². The molecule has 0 aromatic heterocycles. The molecule has 0 aliphatic rings. The molecule has 2 rings (SSSR count). The van der Waals surface area contributed by atoms with E-state index in [2.05, 4.69) is 6.07 Å². The van der Waals surface area contributed by atoms with Gasteiger partial charge in [0.2, 0.25) is 0 Å². The fourth-order valence-corrected chi connectivity index (χ4v) is 4.26. The molecule has 2 aromatic carbocycles. The first-order valence-electron chi connectivity index (χ1n) is 7.24. The molecule has 0 amide bonds.